The molecule has 0 radical (unpaired) electrons. The number of unbranched alkanes of at least 4 members (excludes halogenated alkanes) is 1. The van der Waals surface area contributed by atoms with Gasteiger partial charge >= 0.3 is 0 Å². The van der Waals surface area contributed by atoms with Crippen LogP contribution < -0.4 is 5.32 Å². The highest BCUT2D eigenvalue weighted by molar-refractivity contribution is 5.18. The SMILES string of the molecule is CCCCC(NCC1CCCO1)c1ccccc1. The van der Waals surface area contributed by atoms with E-state index < -0.39 is 0 Å². The fraction of sp³-hybridized carbons (Fsp3) is 0.625. The second-order valence-electron chi connectivity index (χ2n) is 5.15. The lowest BCUT2D eigenvalue weighted by Gasteiger charge is -2.21. The Balaban J connectivity index is 1.87. The van der Waals surface area contributed by atoms with E-state index in [1.54, 1.807) is 0 Å². The maximum atomic E-state index is 5.68. The van der Waals surface area contributed by atoms with Crippen LogP contribution in [0.5, 0.6) is 0 Å². The molecule has 2 unspecified atom stereocenters. The molecular weight excluding hydrogens is 222 g/mol. The second kappa shape index (κ2) is 7.55. The van der Waals surface area contributed by atoms with Crippen molar-refractivity contribution in [2.45, 2.75) is 51.2 Å². The molecule has 1 fully saturated rings. The van der Waals surface area contributed by atoms with Crippen LogP contribution >= 0.6 is 0 Å². The van der Waals surface area contributed by atoms with E-state index in [9.17, 15) is 0 Å². The van der Waals surface area contributed by atoms with Gasteiger partial charge in [-0.15, -0.1) is 0 Å². The fourth-order valence-corrected chi connectivity index (χ4v) is 2.56. The molecule has 2 rings (SSSR count). The van der Waals surface area contributed by atoms with Gasteiger partial charge < -0.3 is 10.1 Å². The Morgan fingerprint density at radius 2 is 2.17 bits per heavy atom. The zero-order chi connectivity index (χ0) is 12.6. The molecule has 0 aromatic heterocycles. The topological polar surface area (TPSA) is 21.3 Å². The van der Waals surface area contributed by atoms with Crippen molar-refractivity contribution in [3.63, 3.8) is 0 Å². The van der Waals surface area contributed by atoms with Crippen molar-refractivity contribution in [3.8, 4) is 0 Å². The summed E-state index contributed by atoms with van der Waals surface area (Å²) in [6, 6.07) is 11.3. The van der Waals surface area contributed by atoms with E-state index >= 15 is 0 Å². The van der Waals surface area contributed by atoms with Gasteiger partial charge in [0, 0.05) is 19.2 Å². The molecule has 0 bridgehead atoms. The van der Waals surface area contributed by atoms with Crippen molar-refractivity contribution in [3.05, 3.63) is 35.9 Å². The summed E-state index contributed by atoms with van der Waals surface area (Å²) in [5.41, 5.74) is 1.41. The molecule has 18 heavy (non-hydrogen) atoms. The molecule has 2 atom stereocenters. The van der Waals surface area contributed by atoms with E-state index in [2.05, 4.69) is 42.6 Å². The van der Waals surface area contributed by atoms with E-state index in [1.807, 2.05) is 0 Å². The van der Waals surface area contributed by atoms with E-state index in [1.165, 1.54) is 37.7 Å². The zero-order valence-corrected chi connectivity index (χ0v) is 11.4. The minimum Gasteiger partial charge on any atom is -0.377 e. The third-order valence-electron chi connectivity index (χ3n) is 3.66. The average Bonchev–Trinajstić information content (AvgIpc) is 2.93. The van der Waals surface area contributed by atoms with Crippen molar-refractivity contribution < 1.29 is 4.74 Å². The average molecular weight is 247 g/mol. The van der Waals surface area contributed by atoms with Gasteiger partial charge in [-0.1, -0.05) is 50.1 Å². The highest BCUT2D eigenvalue weighted by Gasteiger charge is 2.17. The first kappa shape index (κ1) is 13.6. The van der Waals surface area contributed by atoms with E-state index in [0.717, 1.165) is 13.2 Å². The highest BCUT2D eigenvalue weighted by atomic mass is 16.5. The lowest BCUT2D eigenvalue weighted by atomic mass is 10.0. The number of benzene rings is 1. The number of hydrogen-bond donors (Lipinski definition) is 1. The predicted molar refractivity (Wildman–Crippen MR) is 75.7 cm³/mol. The molecule has 1 heterocycles. The lowest BCUT2D eigenvalue weighted by Crippen LogP contribution is -2.30. The molecule has 0 saturated carbocycles. The maximum absolute atomic E-state index is 5.68. The van der Waals surface area contributed by atoms with Crippen LogP contribution in [-0.4, -0.2) is 19.3 Å². The standard InChI is InChI=1S/C16H25NO/c1-2-3-11-16(14-8-5-4-6-9-14)17-13-15-10-7-12-18-15/h4-6,8-9,15-17H,2-3,7,10-13H2,1H3. The lowest BCUT2D eigenvalue weighted by molar-refractivity contribution is 0.107. The molecule has 2 heteroatoms. The molecule has 1 saturated heterocycles. The van der Waals surface area contributed by atoms with Gasteiger partial charge in [0.1, 0.15) is 0 Å². The van der Waals surface area contributed by atoms with Gasteiger partial charge in [-0.05, 0) is 24.8 Å². The zero-order valence-electron chi connectivity index (χ0n) is 11.4. The predicted octanol–water partition coefficient (Wildman–Crippen LogP) is 3.69. The normalized spacial score (nSPS) is 21.1. The molecule has 100 valence electrons. The summed E-state index contributed by atoms with van der Waals surface area (Å²) < 4.78 is 5.68. The van der Waals surface area contributed by atoms with Crippen LogP contribution in [-0.2, 0) is 4.74 Å². The largest absolute Gasteiger partial charge is 0.377 e. The third-order valence-corrected chi connectivity index (χ3v) is 3.66. The smallest absolute Gasteiger partial charge is 0.0700 e. The Morgan fingerprint density at radius 3 is 2.83 bits per heavy atom. The first-order valence-corrected chi connectivity index (χ1v) is 7.30. The van der Waals surface area contributed by atoms with Crippen LogP contribution in [0.1, 0.15) is 50.6 Å². The molecule has 1 N–H and O–H groups in total. The van der Waals surface area contributed by atoms with Crippen LogP contribution in [0.2, 0.25) is 0 Å². The second-order valence-corrected chi connectivity index (χ2v) is 5.15. The summed E-state index contributed by atoms with van der Waals surface area (Å²) >= 11 is 0. The van der Waals surface area contributed by atoms with E-state index in [0.29, 0.717) is 12.1 Å². The Morgan fingerprint density at radius 1 is 1.33 bits per heavy atom. The summed E-state index contributed by atoms with van der Waals surface area (Å²) in [5, 5.41) is 3.69. The van der Waals surface area contributed by atoms with Gasteiger partial charge in [0.25, 0.3) is 0 Å². The summed E-state index contributed by atoms with van der Waals surface area (Å²) in [6.45, 7) is 4.18. The van der Waals surface area contributed by atoms with Gasteiger partial charge in [-0.25, -0.2) is 0 Å². The third kappa shape index (κ3) is 4.11. The first-order chi connectivity index (χ1) is 8.90. The number of hydrogen-bond acceptors (Lipinski definition) is 2. The van der Waals surface area contributed by atoms with Crippen molar-refractivity contribution in [1.82, 2.24) is 5.32 Å². The summed E-state index contributed by atoms with van der Waals surface area (Å²) in [7, 11) is 0. The Kier molecular flexibility index (Phi) is 5.69. The Labute approximate surface area is 111 Å². The molecule has 0 spiro atoms. The monoisotopic (exact) mass is 247 g/mol. The van der Waals surface area contributed by atoms with Gasteiger partial charge in [-0.3, -0.25) is 0 Å². The number of nitrogens with one attached hydrogen (secondary N) is 1. The minimum absolute atomic E-state index is 0.429. The van der Waals surface area contributed by atoms with Crippen LogP contribution in [0.3, 0.4) is 0 Å². The van der Waals surface area contributed by atoms with Gasteiger partial charge in [-0.2, -0.15) is 0 Å². The van der Waals surface area contributed by atoms with Crippen LogP contribution in [0.15, 0.2) is 30.3 Å². The van der Waals surface area contributed by atoms with E-state index in [4.69, 9.17) is 4.74 Å². The van der Waals surface area contributed by atoms with Gasteiger partial charge in [0.05, 0.1) is 6.10 Å². The summed E-state index contributed by atoms with van der Waals surface area (Å²) in [6.07, 6.45) is 6.61. The van der Waals surface area contributed by atoms with Gasteiger partial charge in [0.2, 0.25) is 0 Å². The van der Waals surface area contributed by atoms with Crippen molar-refractivity contribution >= 4 is 0 Å². The molecule has 1 aromatic carbocycles. The quantitative estimate of drug-likeness (QED) is 0.793. The van der Waals surface area contributed by atoms with Crippen LogP contribution in [0, 0.1) is 0 Å². The minimum atomic E-state index is 0.429. The van der Waals surface area contributed by atoms with Crippen molar-refractivity contribution in [2.75, 3.05) is 13.2 Å². The maximum Gasteiger partial charge on any atom is 0.0700 e. The summed E-state index contributed by atoms with van der Waals surface area (Å²) in [5.74, 6) is 0. The Bertz CT molecular complexity index is 319. The number of ether oxygens (including phenoxy) is 1. The molecule has 0 amide bonds. The molecule has 1 aromatic rings. The summed E-state index contributed by atoms with van der Waals surface area (Å²) in [4.78, 5) is 0. The van der Waals surface area contributed by atoms with Gasteiger partial charge in [0.15, 0.2) is 0 Å². The first-order valence-electron chi connectivity index (χ1n) is 7.30. The van der Waals surface area contributed by atoms with E-state index in [-0.39, 0.29) is 0 Å². The number of rotatable bonds is 7. The Hall–Kier alpha value is -0.860. The van der Waals surface area contributed by atoms with Crippen molar-refractivity contribution in [2.24, 2.45) is 0 Å². The molecule has 1 aliphatic heterocycles. The molecule has 2 nitrogen and oxygen atoms in total. The van der Waals surface area contributed by atoms with Crippen LogP contribution in [0.25, 0.3) is 0 Å². The highest BCUT2D eigenvalue weighted by Crippen LogP contribution is 2.20. The molecule has 1 aliphatic rings. The van der Waals surface area contributed by atoms with Crippen molar-refractivity contribution in [1.29, 1.82) is 0 Å². The molecular formula is C16H25NO. The molecule has 0 aliphatic carbocycles. The fourth-order valence-electron chi connectivity index (χ4n) is 2.56. The van der Waals surface area contributed by atoms with Crippen LogP contribution in [0.4, 0.5) is 0 Å².